The van der Waals surface area contributed by atoms with Crippen molar-refractivity contribution < 1.29 is 4.79 Å². The molecule has 98 valence electrons. The third kappa shape index (κ3) is 4.72. The van der Waals surface area contributed by atoms with E-state index in [4.69, 9.17) is 5.73 Å². The van der Waals surface area contributed by atoms with Crippen molar-refractivity contribution in [3.05, 3.63) is 42.5 Å². The molecule has 0 saturated carbocycles. The summed E-state index contributed by atoms with van der Waals surface area (Å²) in [7, 11) is 0. The third-order valence-electron chi connectivity index (χ3n) is 2.80. The van der Waals surface area contributed by atoms with E-state index in [0.29, 0.717) is 6.42 Å². The minimum Gasteiger partial charge on any atom is -0.325 e. The average Bonchev–Trinajstić information content (AvgIpc) is 2.38. The molecule has 0 aliphatic carbocycles. The predicted octanol–water partition coefficient (Wildman–Crippen LogP) is 2.87. The lowest BCUT2D eigenvalue weighted by molar-refractivity contribution is -0.117. The van der Waals surface area contributed by atoms with Crippen LogP contribution in [-0.4, -0.2) is 11.9 Å². The lowest BCUT2D eigenvalue weighted by Crippen LogP contribution is -2.35. The van der Waals surface area contributed by atoms with Crippen molar-refractivity contribution in [3.63, 3.8) is 0 Å². The van der Waals surface area contributed by atoms with Gasteiger partial charge in [-0.3, -0.25) is 4.79 Å². The summed E-state index contributed by atoms with van der Waals surface area (Å²) in [4.78, 5) is 11.7. The minimum atomic E-state index is -0.526. The van der Waals surface area contributed by atoms with E-state index in [9.17, 15) is 4.79 Å². The molecule has 1 amide bonds. The number of carbonyl (C=O) groups is 1. The van der Waals surface area contributed by atoms with Gasteiger partial charge in [-0.1, -0.05) is 31.6 Å². The molecule has 0 radical (unpaired) electrons. The lowest BCUT2D eigenvalue weighted by atomic mass is 10.1. The summed E-state index contributed by atoms with van der Waals surface area (Å²) >= 11 is 0. The van der Waals surface area contributed by atoms with Crippen LogP contribution in [0.4, 0.5) is 5.69 Å². The molecule has 0 heterocycles. The zero-order valence-electron chi connectivity index (χ0n) is 11.0. The number of carbonyl (C=O) groups excluding carboxylic acids is 1. The van der Waals surface area contributed by atoms with E-state index in [2.05, 4.69) is 18.8 Å². The van der Waals surface area contributed by atoms with Crippen LogP contribution in [0.3, 0.4) is 0 Å². The second-order valence-corrected chi connectivity index (χ2v) is 4.42. The van der Waals surface area contributed by atoms with Crippen molar-refractivity contribution in [2.45, 2.75) is 38.6 Å². The molecule has 3 N–H and O–H groups in total. The largest absolute Gasteiger partial charge is 0.325 e. The summed E-state index contributed by atoms with van der Waals surface area (Å²) < 4.78 is 0. The highest BCUT2D eigenvalue weighted by Crippen LogP contribution is 2.12. The Labute approximate surface area is 109 Å². The fraction of sp³-hybridized carbons (Fsp3) is 0.400. The Kier molecular flexibility index (Phi) is 6.15. The molecule has 0 fully saturated rings. The van der Waals surface area contributed by atoms with Crippen molar-refractivity contribution in [1.29, 1.82) is 0 Å². The molecule has 1 aromatic rings. The summed E-state index contributed by atoms with van der Waals surface area (Å²) in [6.45, 7) is 5.75. The van der Waals surface area contributed by atoms with Crippen LogP contribution in [0.1, 0.15) is 31.7 Å². The van der Waals surface area contributed by atoms with Gasteiger partial charge in [-0.25, -0.2) is 0 Å². The van der Waals surface area contributed by atoms with Crippen LogP contribution in [0, 0.1) is 0 Å². The standard InChI is InChI=1S/C15H22N2O/c1-3-5-7-12-8-10-13(11-9-12)17-15(18)14(16)6-4-2/h4,8-11,14H,2-3,5-7,16H2,1H3,(H,17,18). The number of hydrogen-bond donors (Lipinski definition) is 2. The third-order valence-corrected chi connectivity index (χ3v) is 2.80. The van der Waals surface area contributed by atoms with Gasteiger partial charge in [0.2, 0.25) is 5.91 Å². The highest BCUT2D eigenvalue weighted by atomic mass is 16.2. The van der Waals surface area contributed by atoms with E-state index in [-0.39, 0.29) is 5.91 Å². The van der Waals surface area contributed by atoms with Gasteiger partial charge in [-0.05, 0) is 37.0 Å². The van der Waals surface area contributed by atoms with Crippen molar-refractivity contribution in [2.75, 3.05) is 5.32 Å². The molecule has 0 bridgehead atoms. The number of nitrogens with one attached hydrogen (secondary N) is 1. The first-order valence-electron chi connectivity index (χ1n) is 6.43. The molecule has 0 spiro atoms. The smallest absolute Gasteiger partial charge is 0.241 e. The molecule has 3 heteroatoms. The molecule has 1 aromatic carbocycles. The van der Waals surface area contributed by atoms with Crippen LogP contribution in [0.2, 0.25) is 0 Å². The Morgan fingerprint density at radius 1 is 1.44 bits per heavy atom. The van der Waals surface area contributed by atoms with Crippen molar-refractivity contribution in [2.24, 2.45) is 5.73 Å². The SMILES string of the molecule is C=CCC(N)C(=O)Nc1ccc(CCCC)cc1. The van der Waals surface area contributed by atoms with Crippen LogP contribution < -0.4 is 11.1 Å². The van der Waals surface area contributed by atoms with Gasteiger partial charge in [0, 0.05) is 5.69 Å². The first-order valence-corrected chi connectivity index (χ1v) is 6.43. The fourth-order valence-corrected chi connectivity index (χ4v) is 1.66. The number of unbranched alkanes of at least 4 members (excludes halogenated alkanes) is 1. The molecule has 1 rings (SSSR count). The molecule has 1 atom stereocenters. The van der Waals surface area contributed by atoms with E-state index in [0.717, 1.165) is 12.1 Å². The molecule has 0 aliphatic heterocycles. The molecule has 0 aliphatic rings. The maximum atomic E-state index is 11.7. The molecule has 0 saturated heterocycles. The first kappa shape index (κ1) is 14.5. The summed E-state index contributed by atoms with van der Waals surface area (Å²) in [5, 5.41) is 2.80. The van der Waals surface area contributed by atoms with Crippen molar-refractivity contribution >= 4 is 11.6 Å². The van der Waals surface area contributed by atoms with E-state index in [1.807, 2.05) is 24.3 Å². The number of nitrogens with two attached hydrogens (primary N) is 1. The number of hydrogen-bond acceptors (Lipinski definition) is 2. The maximum Gasteiger partial charge on any atom is 0.241 e. The van der Waals surface area contributed by atoms with Gasteiger partial charge in [0.05, 0.1) is 6.04 Å². The zero-order valence-corrected chi connectivity index (χ0v) is 11.0. The second-order valence-electron chi connectivity index (χ2n) is 4.42. The highest BCUT2D eigenvalue weighted by Gasteiger charge is 2.11. The summed E-state index contributed by atoms with van der Waals surface area (Å²) in [6, 6.07) is 7.41. The molecule has 0 aromatic heterocycles. The number of benzene rings is 1. The summed E-state index contributed by atoms with van der Waals surface area (Å²) in [5.41, 5.74) is 7.78. The van der Waals surface area contributed by atoms with Gasteiger partial charge in [-0.15, -0.1) is 6.58 Å². The Hall–Kier alpha value is -1.61. The van der Waals surface area contributed by atoms with Crippen molar-refractivity contribution in [3.8, 4) is 0 Å². The summed E-state index contributed by atoms with van der Waals surface area (Å²) in [5.74, 6) is -0.170. The van der Waals surface area contributed by atoms with Crippen LogP contribution in [-0.2, 0) is 11.2 Å². The van der Waals surface area contributed by atoms with E-state index >= 15 is 0 Å². The quantitative estimate of drug-likeness (QED) is 0.727. The molecular weight excluding hydrogens is 224 g/mol. The van der Waals surface area contributed by atoms with Crippen LogP contribution in [0.25, 0.3) is 0 Å². The fourth-order valence-electron chi connectivity index (χ4n) is 1.66. The van der Waals surface area contributed by atoms with Crippen LogP contribution in [0.5, 0.6) is 0 Å². The molecular formula is C15H22N2O. The van der Waals surface area contributed by atoms with Crippen molar-refractivity contribution in [1.82, 2.24) is 0 Å². The van der Waals surface area contributed by atoms with Gasteiger partial charge >= 0.3 is 0 Å². The number of aryl methyl sites for hydroxylation is 1. The number of anilines is 1. The number of rotatable bonds is 7. The summed E-state index contributed by atoms with van der Waals surface area (Å²) in [6.07, 6.45) is 5.60. The zero-order chi connectivity index (χ0) is 13.4. The van der Waals surface area contributed by atoms with Gasteiger partial charge in [0.15, 0.2) is 0 Å². The van der Waals surface area contributed by atoms with E-state index in [1.165, 1.54) is 18.4 Å². The minimum absolute atomic E-state index is 0.170. The van der Waals surface area contributed by atoms with E-state index < -0.39 is 6.04 Å². The Morgan fingerprint density at radius 3 is 2.67 bits per heavy atom. The normalized spacial score (nSPS) is 11.9. The maximum absolute atomic E-state index is 11.7. The second kappa shape index (κ2) is 7.67. The van der Waals surface area contributed by atoms with Gasteiger partial charge in [0.25, 0.3) is 0 Å². The Morgan fingerprint density at radius 2 is 2.11 bits per heavy atom. The van der Waals surface area contributed by atoms with Crippen LogP contribution >= 0.6 is 0 Å². The van der Waals surface area contributed by atoms with Gasteiger partial charge in [0.1, 0.15) is 0 Å². The highest BCUT2D eigenvalue weighted by molar-refractivity contribution is 5.94. The lowest BCUT2D eigenvalue weighted by Gasteiger charge is -2.10. The van der Waals surface area contributed by atoms with Crippen LogP contribution in [0.15, 0.2) is 36.9 Å². The average molecular weight is 246 g/mol. The molecule has 1 unspecified atom stereocenters. The first-order chi connectivity index (χ1) is 8.67. The number of amides is 1. The van der Waals surface area contributed by atoms with E-state index in [1.54, 1.807) is 6.08 Å². The predicted molar refractivity (Wildman–Crippen MR) is 76.5 cm³/mol. The van der Waals surface area contributed by atoms with Gasteiger partial charge < -0.3 is 11.1 Å². The molecule has 3 nitrogen and oxygen atoms in total. The Bertz CT molecular complexity index is 384. The topological polar surface area (TPSA) is 55.1 Å². The Balaban J connectivity index is 2.52. The van der Waals surface area contributed by atoms with Gasteiger partial charge in [-0.2, -0.15) is 0 Å². The monoisotopic (exact) mass is 246 g/mol. The molecule has 18 heavy (non-hydrogen) atoms.